The second kappa shape index (κ2) is 6.89. The summed E-state index contributed by atoms with van der Waals surface area (Å²) in [5, 5.41) is 8.20. The molecule has 0 aromatic carbocycles. The summed E-state index contributed by atoms with van der Waals surface area (Å²) in [7, 11) is 3.66. The van der Waals surface area contributed by atoms with Crippen molar-refractivity contribution in [1.29, 1.82) is 0 Å². The van der Waals surface area contributed by atoms with Gasteiger partial charge in [0.2, 0.25) is 0 Å². The van der Waals surface area contributed by atoms with Crippen molar-refractivity contribution in [3.63, 3.8) is 0 Å². The van der Waals surface area contributed by atoms with Crippen LogP contribution in [0.2, 0.25) is 5.02 Å². The lowest BCUT2D eigenvalue weighted by Gasteiger charge is -2.11. The first kappa shape index (κ1) is 13.5. The summed E-state index contributed by atoms with van der Waals surface area (Å²) in [5.74, 6) is 0. The number of nitrogens with zero attached hydrogens (tertiary/aromatic N) is 2. The lowest BCUT2D eigenvalue weighted by Crippen LogP contribution is -2.22. The SMILES string of the molecule is CNC(C)CCc1c(Cl)cnn1CCOC. The maximum Gasteiger partial charge on any atom is 0.0817 e. The maximum atomic E-state index is 6.11. The minimum atomic E-state index is 0.488. The molecule has 1 N–H and O–H groups in total. The summed E-state index contributed by atoms with van der Waals surface area (Å²) in [6.07, 6.45) is 3.69. The molecule has 0 radical (unpaired) electrons. The van der Waals surface area contributed by atoms with E-state index in [2.05, 4.69) is 17.3 Å². The summed E-state index contributed by atoms with van der Waals surface area (Å²) in [6, 6.07) is 0.488. The first-order valence-corrected chi connectivity index (χ1v) is 5.93. The highest BCUT2D eigenvalue weighted by Crippen LogP contribution is 2.17. The number of nitrogens with one attached hydrogen (secondary N) is 1. The number of rotatable bonds is 7. The topological polar surface area (TPSA) is 39.1 Å². The largest absolute Gasteiger partial charge is 0.383 e. The Hall–Kier alpha value is -0.580. The van der Waals surface area contributed by atoms with Gasteiger partial charge in [0, 0.05) is 13.2 Å². The normalized spacial score (nSPS) is 13.0. The zero-order chi connectivity index (χ0) is 12.0. The van der Waals surface area contributed by atoms with Crippen molar-refractivity contribution in [1.82, 2.24) is 15.1 Å². The molecule has 5 heteroatoms. The second-order valence-electron chi connectivity index (χ2n) is 3.88. The monoisotopic (exact) mass is 245 g/mol. The number of hydrogen-bond acceptors (Lipinski definition) is 3. The zero-order valence-electron chi connectivity index (χ0n) is 10.2. The van der Waals surface area contributed by atoms with Gasteiger partial charge in [0.1, 0.15) is 0 Å². The molecule has 1 aromatic heterocycles. The molecule has 0 aliphatic carbocycles. The molecule has 0 saturated heterocycles. The van der Waals surface area contributed by atoms with Gasteiger partial charge >= 0.3 is 0 Å². The van der Waals surface area contributed by atoms with Gasteiger partial charge in [-0.05, 0) is 26.8 Å². The second-order valence-corrected chi connectivity index (χ2v) is 4.29. The van der Waals surface area contributed by atoms with Crippen molar-refractivity contribution in [2.45, 2.75) is 32.4 Å². The minimum Gasteiger partial charge on any atom is -0.383 e. The van der Waals surface area contributed by atoms with Gasteiger partial charge in [-0.1, -0.05) is 11.6 Å². The van der Waals surface area contributed by atoms with Crippen LogP contribution in [0, 0.1) is 0 Å². The Morgan fingerprint density at radius 1 is 1.62 bits per heavy atom. The van der Waals surface area contributed by atoms with E-state index in [0.717, 1.165) is 30.1 Å². The fourth-order valence-corrected chi connectivity index (χ4v) is 1.74. The van der Waals surface area contributed by atoms with Crippen molar-refractivity contribution in [3.8, 4) is 0 Å². The quantitative estimate of drug-likeness (QED) is 0.795. The third-order valence-electron chi connectivity index (χ3n) is 2.71. The molecule has 16 heavy (non-hydrogen) atoms. The predicted octanol–water partition coefficient (Wildman–Crippen LogP) is 1.72. The standard InChI is InChI=1S/C11H20ClN3O/c1-9(13-2)4-5-11-10(12)8-14-15(11)6-7-16-3/h8-9,13H,4-7H2,1-3H3. The van der Waals surface area contributed by atoms with Crippen molar-refractivity contribution < 1.29 is 4.74 Å². The summed E-state index contributed by atoms with van der Waals surface area (Å²) in [5.41, 5.74) is 1.10. The van der Waals surface area contributed by atoms with Gasteiger partial charge in [0.05, 0.1) is 30.1 Å². The Kier molecular flexibility index (Phi) is 5.80. The van der Waals surface area contributed by atoms with E-state index in [0.29, 0.717) is 12.6 Å². The zero-order valence-corrected chi connectivity index (χ0v) is 10.9. The van der Waals surface area contributed by atoms with Crippen molar-refractivity contribution in [2.24, 2.45) is 0 Å². The smallest absolute Gasteiger partial charge is 0.0817 e. The van der Waals surface area contributed by atoms with E-state index in [-0.39, 0.29) is 0 Å². The van der Waals surface area contributed by atoms with Gasteiger partial charge < -0.3 is 10.1 Å². The molecule has 0 spiro atoms. The first-order chi connectivity index (χ1) is 7.69. The molecular weight excluding hydrogens is 226 g/mol. The number of ether oxygens (including phenoxy) is 1. The molecule has 4 nitrogen and oxygen atoms in total. The van der Waals surface area contributed by atoms with Crippen LogP contribution >= 0.6 is 11.6 Å². The van der Waals surface area contributed by atoms with Crippen LogP contribution in [0.25, 0.3) is 0 Å². The van der Waals surface area contributed by atoms with Gasteiger partial charge in [0.25, 0.3) is 0 Å². The van der Waals surface area contributed by atoms with E-state index in [4.69, 9.17) is 16.3 Å². The van der Waals surface area contributed by atoms with Gasteiger partial charge in [-0.25, -0.2) is 0 Å². The van der Waals surface area contributed by atoms with Crippen molar-refractivity contribution in [2.75, 3.05) is 20.8 Å². The summed E-state index contributed by atoms with van der Waals surface area (Å²) < 4.78 is 6.97. The Morgan fingerprint density at radius 2 is 2.38 bits per heavy atom. The molecule has 0 fully saturated rings. The molecule has 1 atom stereocenters. The molecule has 0 saturated carbocycles. The van der Waals surface area contributed by atoms with Gasteiger partial charge in [-0.15, -0.1) is 0 Å². The molecular formula is C11H20ClN3O. The van der Waals surface area contributed by atoms with E-state index in [1.807, 2.05) is 11.7 Å². The number of methoxy groups -OCH3 is 1. The van der Waals surface area contributed by atoms with Crippen LogP contribution in [0.3, 0.4) is 0 Å². The predicted molar refractivity (Wildman–Crippen MR) is 66.0 cm³/mol. The van der Waals surface area contributed by atoms with E-state index in [9.17, 15) is 0 Å². The molecule has 92 valence electrons. The Morgan fingerprint density at radius 3 is 3.00 bits per heavy atom. The average Bonchev–Trinajstić information content (AvgIpc) is 2.64. The molecule has 0 amide bonds. The van der Waals surface area contributed by atoms with E-state index in [1.165, 1.54) is 0 Å². The molecule has 0 aliphatic rings. The van der Waals surface area contributed by atoms with E-state index < -0.39 is 0 Å². The van der Waals surface area contributed by atoms with Crippen molar-refractivity contribution >= 4 is 11.6 Å². The maximum absolute atomic E-state index is 6.11. The highest BCUT2D eigenvalue weighted by molar-refractivity contribution is 6.31. The molecule has 0 bridgehead atoms. The highest BCUT2D eigenvalue weighted by Gasteiger charge is 2.10. The molecule has 1 aromatic rings. The van der Waals surface area contributed by atoms with Gasteiger partial charge in [0.15, 0.2) is 0 Å². The van der Waals surface area contributed by atoms with Gasteiger partial charge in [-0.2, -0.15) is 5.10 Å². The average molecular weight is 246 g/mol. The molecule has 0 aliphatic heterocycles. The van der Waals surface area contributed by atoms with E-state index >= 15 is 0 Å². The van der Waals surface area contributed by atoms with Crippen LogP contribution in [-0.4, -0.2) is 36.6 Å². The van der Waals surface area contributed by atoms with Gasteiger partial charge in [-0.3, -0.25) is 4.68 Å². The van der Waals surface area contributed by atoms with E-state index in [1.54, 1.807) is 13.3 Å². The Bertz CT molecular complexity index is 314. The summed E-state index contributed by atoms with van der Waals surface area (Å²) in [4.78, 5) is 0. The third kappa shape index (κ3) is 3.77. The number of aromatic nitrogens is 2. The first-order valence-electron chi connectivity index (χ1n) is 5.55. The van der Waals surface area contributed by atoms with Crippen LogP contribution in [0.5, 0.6) is 0 Å². The highest BCUT2D eigenvalue weighted by atomic mass is 35.5. The third-order valence-corrected chi connectivity index (χ3v) is 3.03. The fourth-order valence-electron chi connectivity index (χ4n) is 1.50. The number of hydrogen-bond donors (Lipinski definition) is 1. The Labute approximate surface area is 102 Å². The minimum absolute atomic E-state index is 0.488. The number of halogens is 1. The van der Waals surface area contributed by atoms with Crippen LogP contribution < -0.4 is 5.32 Å². The van der Waals surface area contributed by atoms with Crippen LogP contribution in [0.4, 0.5) is 0 Å². The van der Waals surface area contributed by atoms with Crippen LogP contribution in [0.15, 0.2) is 6.20 Å². The van der Waals surface area contributed by atoms with Crippen LogP contribution in [-0.2, 0) is 17.7 Å². The van der Waals surface area contributed by atoms with Crippen LogP contribution in [0.1, 0.15) is 19.0 Å². The molecule has 1 heterocycles. The summed E-state index contributed by atoms with van der Waals surface area (Å²) >= 11 is 6.11. The Balaban J connectivity index is 2.58. The lowest BCUT2D eigenvalue weighted by atomic mass is 10.1. The lowest BCUT2D eigenvalue weighted by molar-refractivity contribution is 0.182. The summed E-state index contributed by atoms with van der Waals surface area (Å²) in [6.45, 7) is 3.57. The fraction of sp³-hybridized carbons (Fsp3) is 0.727. The van der Waals surface area contributed by atoms with Crippen molar-refractivity contribution in [3.05, 3.63) is 16.9 Å². The molecule has 1 rings (SSSR count). The molecule has 1 unspecified atom stereocenters.